The minimum atomic E-state index is -4.57. The molecule has 1 atom stereocenters. The average Bonchev–Trinajstić information content (AvgIpc) is 2.72. The van der Waals surface area contributed by atoms with Gasteiger partial charge in [0.25, 0.3) is 20.0 Å². The number of rotatable bonds is 7. The summed E-state index contributed by atoms with van der Waals surface area (Å²) in [5.74, 6) is 0. The molecule has 3 aromatic rings. The van der Waals surface area contributed by atoms with E-state index < -0.39 is 32.8 Å². The Morgan fingerprint density at radius 3 is 1.66 bits per heavy atom. The second-order valence-corrected chi connectivity index (χ2v) is 10.3. The van der Waals surface area contributed by atoms with Gasteiger partial charge in [0.15, 0.2) is 0 Å². The van der Waals surface area contributed by atoms with Crippen LogP contribution >= 0.6 is 0 Å². The minimum Gasteiger partial charge on any atom is -0.249 e. The van der Waals surface area contributed by atoms with Crippen LogP contribution < -0.4 is 0 Å². The molecule has 0 aliphatic carbocycles. The lowest BCUT2D eigenvalue weighted by Crippen LogP contribution is -2.40. The van der Waals surface area contributed by atoms with Crippen LogP contribution in [0.5, 0.6) is 0 Å². The summed E-state index contributed by atoms with van der Waals surface area (Å²) in [5.41, 5.74) is 1.02. The Balaban J connectivity index is 2.27. The second kappa shape index (κ2) is 8.44. The highest BCUT2D eigenvalue weighted by atomic mass is 32.3. The van der Waals surface area contributed by atoms with E-state index in [1.54, 1.807) is 37.3 Å². The molecule has 0 fully saturated rings. The molecule has 0 saturated carbocycles. The van der Waals surface area contributed by atoms with Crippen molar-refractivity contribution in [2.75, 3.05) is 6.67 Å². The number of alkyl halides is 1. The van der Waals surface area contributed by atoms with Crippen molar-refractivity contribution in [3.05, 3.63) is 96.1 Å². The van der Waals surface area contributed by atoms with E-state index in [1.807, 2.05) is 0 Å². The lowest BCUT2D eigenvalue weighted by Gasteiger charge is -2.29. The third-order valence-corrected chi connectivity index (χ3v) is 8.75. The molecule has 8 heteroatoms. The van der Waals surface area contributed by atoms with Crippen LogP contribution in [-0.2, 0) is 20.0 Å². The molecule has 0 spiro atoms. The smallest absolute Gasteiger partial charge is 0.249 e. The van der Waals surface area contributed by atoms with Crippen molar-refractivity contribution in [2.24, 2.45) is 0 Å². The van der Waals surface area contributed by atoms with Gasteiger partial charge in [0.1, 0.15) is 6.67 Å². The van der Waals surface area contributed by atoms with Gasteiger partial charge in [-0.3, -0.25) is 0 Å². The molecule has 152 valence electrons. The summed E-state index contributed by atoms with van der Waals surface area (Å²) in [6, 6.07) is 19.3. The van der Waals surface area contributed by atoms with Crippen molar-refractivity contribution < 1.29 is 21.2 Å². The van der Waals surface area contributed by atoms with Gasteiger partial charge in [-0.1, -0.05) is 69.9 Å². The van der Waals surface area contributed by atoms with Crippen molar-refractivity contribution in [1.29, 1.82) is 0 Å². The Morgan fingerprint density at radius 2 is 1.24 bits per heavy atom. The van der Waals surface area contributed by atoms with E-state index in [4.69, 9.17) is 0 Å². The number of aryl methyl sites for hydroxylation is 1. The summed E-state index contributed by atoms with van der Waals surface area (Å²) in [7, 11) is -9.15. The third-order valence-electron chi connectivity index (χ3n) is 4.38. The van der Waals surface area contributed by atoms with Crippen LogP contribution in [0, 0.1) is 6.92 Å². The normalized spacial score (nSPS) is 13.3. The molecule has 0 aliphatic rings. The lowest BCUT2D eigenvalue weighted by molar-refractivity contribution is 0.339. The summed E-state index contributed by atoms with van der Waals surface area (Å²) in [5, 5.41) is 0. The Morgan fingerprint density at radius 1 is 0.759 bits per heavy atom. The first-order valence-corrected chi connectivity index (χ1v) is 11.7. The van der Waals surface area contributed by atoms with E-state index in [0.717, 1.165) is 5.56 Å². The molecule has 29 heavy (non-hydrogen) atoms. The van der Waals surface area contributed by atoms with Crippen LogP contribution in [0.1, 0.15) is 17.2 Å². The van der Waals surface area contributed by atoms with E-state index in [2.05, 4.69) is 0 Å². The molecule has 0 N–H and O–H groups in total. The van der Waals surface area contributed by atoms with Crippen LogP contribution in [0.25, 0.3) is 0 Å². The molecule has 0 radical (unpaired) electrons. The number of hydrogen-bond donors (Lipinski definition) is 0. The number of halogens is 1. The Bertz CT molecular complexity index is 1110. The quantitative estimate of drug-likeness (QED) is 0.563. The highest BCUT2D eigenvalue weighted by Gasteiger charge is 2.43. The molecule has 0 aromatic heterocycles. The summed E-state index contributed by atoms with van der Waals surface area (Å²) >= 11 is 0. The summed E-state index contributed by atoms with van der Waals surface area (Å²) in [6.45, 7) is 0.558. The van der Waals surface area contributed by atoms with E-state index in [-0.39, 0.29) is 15.4 Å². The highest BCUT2D eigenvalue weighted by Crippen LogP contribution is 2.34. The molecular weight excluding hydrogens is 413 g/mol. The fraction of sp³-hybridized carbons (Fsp3) is 0.143. The zero-order valence-electron chi connectivity index (χ0n) is 15.6. The largest absolute Gasteiger partial charge is 0.257 e. The summed E-state index contributed by atoms with van der Waals surface area (Å²) < 4.78 is 68.1. The highest BCUT2D eigenvalue weighted by molar-refractivity contribution is 8.04. The molecule has 0 amide bonds. The average molecular weight is 434 g/mol. The van der Waals surface area contributed by atoms with Gasteiger partial charge in [-0.05, 0) is 36.8 Å². The van der Waals surface area contributed by atoms with Crippen LogP contribution in [0.3, 0.4) is 0 Å². The molecule has 3 aromatic carbocycles. The fourth-order valence-corrected chi connectivity index (χ4v) is 7.00. The fourth-order valence-electron chi connectivity index (χ4n) is 3.00. The molecular formula is C21H20FNO4S2. The monoisotopic (exact) mass is 433 g/mol. The van der Waals surface area contributed by atoms with E-state index in [9.17, 15) is 21.2 Å². The zero-order chi connectivity index (χ0) is 21.1. The predicted molar refractivity (Wildman–Crippen MR) is 109 cm³/mol. The van der Waals surface area contributed by atoms with Crippen molar-refractivity contribution >= 4 is 20.0 Å². The Kier molecular flexibility index (Phi) is 6.16. The van der Waals surface area contributed by atoms with Gasteiger partial charge in [-0.2, -0.15) is 0 Å². The zero-order valence-corrected chi connectivity index (χ0v) is 17.3. The van der Waals surface area contributed by atoms with Crippen molar-refractivity contribution in [3.8, 4) is 0 Å². The maximum atomic E-state index is 14.2. The topological polar surface area (TPSA) is 71.5 Å². The van der Waals surface area contributed by atoms with Gasteiger partial charge < -0.3 is 0 Å². The van der Waals surface area contributed by atoms with E-state index in [1.165, 1.54) is 54.6 Å². The molecule has 3 rings (SSSR count). The first-order valence-electron chi connectivity index (χ1n) is 8.81. The van der Waals surface area contributed by atoms with Gasteiger partial charge in [0, 0.05) is 0 Å². The van der Waals surface area contributed by atoms with E-state index in [0.29, 0.717) is 3.71 Å². The lowest BCUT2D eigenvalue weighted by atomic mass is 10.1. The Hall–Kier alpha value is -2.55. The molecule has 5 nitrogen and oxygen atoms in total. The molecule has 0 saturated heterocycles. The Labute approximate surface area is 170 Å². The van der Waals surface area contributed by atoms with Gasteiger partial charge in [-0.25, -0.2) is 21.2 Å². The third kappa shape index (κ3) is 4.24. The maximum Gasteiger partial charge on any atom is 0.257 e. The number of hydrogen-bond acceptors (Lipinski definition) is 4. The molecule has 0 bridgehead atoms. The van der Waals surface area contributed by atoms with Gasteiger partial charge >= 0.3 is 0 Å². The van der Waals surface area contributed by atoms with Crippen molar-refractivity contribution in [1.82, 2.24) is 3.71 Å². The number of benzene rings is 3. The van der Waals surface area contributed by atoms with Crippen molar-refractivity contribution in [3.63, 3.8) is 0 Å². The summed E-state index contributed by atoms with van der Waals surface area (Å²) in [4.78, 5) is -0.462. The van der Waals surface area contributed by atoms with E-state index >= 15 is 0 Å². The summed E-state index contributed by atoms with van der Waals surface area (Å²) in [6.07, 6.45) is 0. The van der Waals surface area contributed by atoms with Crippen LogP contribution in [-0.4, -0.2) is 27.2 Å². The molecule has 0 aliphatic heterocycles. The minimum absolute atomic E-state index is 0.231. The van der Waals surface area contributed by atoms with Gasteiger partial charge in [0.2, 0.25) is 0 Å². The van der Waals surface area contributed by atoms with Gasteiger partial charge in [-0.15, -0.1) is 0 Å². The molecule has 0 heterocycles. The standard InChI is InChI=1S/C21H20FNO4S2/c1-17-9-8-10-18(15-17)21(16-22)23(28(24,25)19-11-4-2-5-12-19)29(26,27)20-13-6-3-7-14-20/h2-15,21H,16H2,1H3. The van der Waals surface area contributed by atoms with Gasteiger partial charge in [0.05, 0.1) is 15.8 Å². The van der Waals surface area contributed by atoms with Crippen LogP contribution in [0.2, 0.25) is 0 Å². The first-order chi connectivity index (χ1) is 13.8. The van der Waals surface area contributed by atoms with Crippen LogP contribution in [0.15, 0.2) is 94.7 Å². The second-order valence-electron chi connectivity index (χ2n) is 6.45. The van der Waals surface area contributed by atoms with Crippen LogP contribution in [0.4, 0.5) is 4.39 Å². The first kappa shape index (κ1) is 21.2. The SMILES string of the molecule is Cc1cccc(C(CF)N(S(=O)(=O)c2ccccc2)S(=O)(=O)c2ccccc2)c1. The maximum absolute atomic E-state index is 14.2. The number of sulfonamides is 2. The van der Waals surface area contributed by atoms with Crippen molar-refractivity contribution in [2.45, 2.75) is 22.8 Å². The molecule has 1 unspecified atom stereocenters. The predicted octanol–water partition coefficient (Wildman–Crippen LogP) is 4.09. The number of nitrogens with zero attached hydrogens (tertiary/aromatic N) is 1.